The summed E-state index contributed by atoms with van der Waals surface area (Å²) in [5.41, 5.74) is 2.06. The monoisotopic (exact) mass is 312 g/mol. The Hall–Kier alpha value is -2.52. The summed E-state index contributed by atoms with van der Waals surface area (Å²) in [7, 11) is 0. The van der Waals surface area contributed by atoms with Crippen LogP contribution in [0.5, 0.6) is 0 Å². The first kappa shape index (κ1) is 15.9. The van der Waals surface area contributed by atoms with Crippen molar-refractivity contribution in [3.63, 3.8) is 0 Å². The van der Waals surface area contributed by atoms with E-state index in [0.29, 0.717) is 5.13 Å². The average molecular weight is 312 g/mol. The van der Waals surface area contributed by atoms with Crippen LogP contribution in [0.2, 0.25) is 0 Å². The molecule has 112 valence electrons. The fourth-order valence-electron chi connectivity index (χ4n) is 1.78. The molecule has 1 aromatic carbocycles. The number of rotatable bonds is 5. The summed E-state index contributed by atoms with van der Waals surface area (Å²) in [6.07, 6.45) is 3.28. The van der Waals surface area contributed by atoms with Crippen LogP contribution in [-0.4, -0.2) is 16.1 Å². The first-order valence-corrected chi connectivity index (χ1v) is 7.82. The molecular formula is C16H16N4OS. The number of hydrogen-bond donors (Lipinski definition) is 1. The summed E-state index contributed by atoms with van der Waals surface area (Å²) < 4.78 is 0. The quantitative estimate of drug-likeness (QED) is 0.679. The van der Waals surface area contributed by atoms with Gasteiger partial charge in [-0.15, -0.1) is 10.2 Å². The lowest BCUT2D eigenvalue weighted by atomic mass is 10.1. The number of benzene rings is 1. The largest absolute Gasteiger partial charge is 0.296 e. The maximum atomic E-state index is 12.1. The molecule has 1 N–H and O–H groups in total. The van der Waals surface area contributed by atoms with Crippen molar-refractivity contribution in [2.75, 3.05) is 5.32 Å². The van der Waals surface area contributed by atoms with E-state index >= 15 is 0 Å². The normalized spacial score (nSPS) is 11.0. The number of nitrogens with one attached hydrogen (secondary N) is 1. The summed E-state index contributed by atoms with van der Waals surface area (Å²) >= 11 is 1.31. The van der Waals surface area contributed by atoms with Crippen molar-refractivity contribution in [3.05, 3.63) is 46.0 Å². The third kappa shape index (κ3) is 3.99. The molecule has 0 aliphatic heterocycles. The Labute approximate surface area is 133 Å². The molecule has 6 heteroatoms. The minimum absolute atomic E-state index is 0.0393. The number of aromatic nitrogens is 2. The Kier molecular flexibility index (Phi) is 5.39. The van der Waals surface area contributed by atoms with Gasteiger partial charge in [-0.25, -0.2) is 0 Å². The lowest BCUT2D eigenvalue weighted by molar-refractivity contribution is -0.112. The van der Waals surface area contributed by atoms with E-state index in [2.05, 4.69) is 22.4 Å². The second-order valence-electron chi connectivity index (χ2n) is 4.57. The van der Waals surface area contributed by atoms with Crippen molar-refractivity contribution in [3.8, 4) is 6.07 Å². The number of hydrogen-bond acceptors (Lipinski definition) is 5. The van der Waals surface area contributed by atoms with Gasteiger partial charge in [0.05, 0.1) is 0 Å². The van der Waals surface area contributed by atoms with E-state index in [1.807, 2.05) is 37.3 Å². The van der Waals surface area contributed by atoms with Crippen molar-refractivity contribution in [1.82, 2.24) is 10.2 Å². The van der Waals surface area contributed by atoms with Crippen LogP contribution < -0.4 is 5.32 Å². The lowest BCUT2D eigenvalue weighted by Gasteiger charge is -2.01. The van der Waals surface area contributed by atoms with Crippen molar-refractivity contribution >= 4 is 28.5 Å². The standard InChI is InChI=1S/C16H16N4OS/c1-3-11-5-7-12(8-6-11)9-13(10-17)15(21)18-16-20-19-14(4-2)22-16/h5-9H,3-4H2,1-2H3,(H,18,20,21). The summed E-state index contributed by atoms with van der Waals surface area (Å²) in [5, 5.41) is 20.8. The zero-order chi connectivity index (χ0) is 15.9. The Bertz CT molecular complexity index is 725. The molecule has 1 amide bonds. The maximum absolute atomic E-state index is 12.1. The molecule has 0 unspecified atom stereocenters. The van der Waals surface area contributed by atoms with Crippen LogP contribution in [-0.2, 0) is 17.6 Å². The fourth-order valence-corrected chi connectivity index (χ4v) is 2.45. The molecule has 0 radical (unpaired) electrons. The van der Waals surface area contributed by atoms with Crippen molar-refractivity contribution in [2.24, 2.45) is 0 Å². The van der Waals surface area contributed by atoms with Gasteiger partial charge in [0, 0.05) is 0 Å². The zero-order valence-corrected chi connectivity index (χ0v) is 13.3. The minimum Gasteiger partial charge on any atom is -0.296 e. The van der Waals surface area contributed by atoms with E-state index in [1.165, 1.54) is 16.9 Å². The first-order chi connectivity index (χ1) is 10.7. The second kappa shape index (κ2) is 7.48. The van der Waals surface area contributed by atoms with E-state index < -0.39 is 5.91 Å². The van der Waals surface area contributed by atoms with Gasteiger partial charge in [-0.05, 0) is 30.0 Å². The molecule has 2 rings (SSSR count). The Morgan fingerprint density at radius 1 is 1.27 bits per heavy atom. The summed E-state index contributed by atoms with van der Waals surface area (Å²) in [5.74, 6) is -0.471. The Balaban J connectivity index is 2.13. The highest BCUT2D eigenvalue weighted by molar-refractivity contribution is 7.15. The third-order valence-corrected chi connectivity index (χ3v) is 4.04. The van der Waals surface area contributed by atoms with Gasteiger partial charge in [0.1, 0.15) is 16.6 Å². The van der Waals surface area contributed by atoms with E-state index in [9.17, 15) is 10.1 Å². The van der Waals surface area contributed by atoms with Gasteiger partial charge in [-0.3, -0.25) is 10.1 Å². The van der Waals surface area contributed by atoms with Crippen LogP contribution in [0.4, 0.5) is 5.13 Å². The SMILES string of the molecule is CCc1ccc(C=C(C#N)C(=O)Nc2nnc(CC)s2)cc1. The molecule has 1 heterocycles. The number of aryl methyl sites for hydroxylation is 2. The summed E-state index contributed by atoms with van der Waals surface area (Å²) in [6, 6.07) is 9.68. The molecule has 0 aliphatic rings. The molecule has 0 fully saturated rings. The number of anilines is 1. The molecule has 1 aromatic heterocycles. The van der Waals surface area contributed by atoms with Crippen LogP contribution >= 0.6 is 11.3 Å². The van der Waals surface area contributed by atoms with Gasteiger partial charge in [0.25, 0.3) is 5.91 Å². The minimum atomic E-state index is -0.471. The van der Waals surface area contributed by atoms with Crippen LogP contribution in [0.25, 0.3) is 6.08 Å². The number of nitriles is 1. The maximum Gasteiger partial charge on any atom is 0.268 e. The van der Waals surface area contributed by atoms with Gasteiger partial charge in [-0.1, -0.05) is 49.4 Å². The smallest absolute Gasteiger partial charge is 0.268 e. The Morgan fingerprint density at radius 2 is 2.00 bits per heavy atom. The Morgan fingerprint density at radius 3 is 2.55 bits per heavy atom. The van der Waals surface area contributed by atoms with Crippen LogP contribution in [0.3, 0.4) is 0 Å². The summed E-state index contributed by atoms with van der Waals surface area (Å²) in [4.78, 5) is 12.1. The predicted octanol–water partition coefficient (Wildman–Crippen LogP) is 3.21. The molecule has 0 bridgehead atoms. The fraction of sp³-hybridized carbons (Fsp3) is 0.250. The van der Waals surface area contributed by atoms with Crippen LogP contribution in [0.1, 0.15) is 30.0 Å². The lowest BCUT2D eigenvalue weighted by Crippen LogP contribution is -2.13. The highest BCUT2D eigenvalue weighted by Gasteiger charge is 2.12. The highest BCUT2D eigenvalue weighted by Crippen LogP contribution is 2.17. The molecule has 0 atom stereocenters. The molecular weight excluding hydrogens is 296 g/mol. The predicted molar refractivity (Wildman–Crippen MR) is 87.3 cm³/mol. The number of nitrogens with zero attached hydrogens (tertiary/aromatic N) is 3. The van der Waals surface area contributed by atoms with Gasteiger partial charge < -0.3 is 0 Å². The third-order valence-electron chi connectivity index (χ3n) is 3.05. The second-order valence-corrected chi connectivity index (χ2v) is 5.64. The molecule has 5 nitrogen and oxygen atoms in total. The van der Waals surface area contributed by atoms with Gasteiger partial charge in [-0.2, -0.15) is 5.26 Å². The van der Waals surface area contributed by atoms with Crippen LogP contribution in [0.15, 0.2) is 29.8 Å². The zero-order valence-electron chi connectivity index (χ0n) is 12.5. The molecule has 22 heavy (non-hydrogen) atoms. The summed E-state index contributed by atoms with van der Waals surface area (Å²) in [6.45, 7) is 4.04. The van der Waals surface area contributed by atoms with E-state index in [4.69, 9.17) is 0 Å². The van der Waals surface area contributed by atoms with E-state index in [-0.39, 0.29) is 5.57 Å². The van der Waals surface area contributed by atoms with E-state index in [0.717, 1.165) is 23.4 Å². The van der Waals surface area contributed by atoms with Gasteiger partial charge in [0.2, 0.25) is 5.13 Å². The molecule has 2 aromatic rings. The highest BCUT2D eigenvalue weighted by atomic mass is 32.1. The molecule has 0 saturated carbocycles. The van der Waals surface area contributed by atoms with Gasteiger partial charge >= 0.3 is 0 Å². The topological polar surface area (TPSA) is 78.7 Å². The number of carbonyl (C=O) groups excluding carboxylic acids is 1. The van der Waals surface area contributed by atoms with Crippen molar-refractivity contribution in [1.29, 1.82) is 5.26 Å². The van der Waals surface area contributed by atoms with Gasteiger partial charge in [0.15, 0.2) is 0 Å². The number of amides is 1. The molecule has 0 aliphatic carbocycles. The molecule has 0 saturated heterocycles. The van der Waals surface area contributed by atoms with Crippen molar-refractivity contribution < 1.29 is 4.79 Å². The first-order valence-electron chi connectivity index (χ1n) is 7.00. The van der Waals surface area contributed by atoms with Crippen LogP contribution in [0, 0.1) is 11.3 Å². The number of carbonyl (C=O) groups is 1. The molecule has 0 spiro atoms. The van der Waals surface area contributed by atoms with E-state index in [1.54, 1.807) is 6.08 Å². The van der Waals surface area contributed by atoms with Crippen molar-refractivity contribution in [2.45, 2.75) is 26.7 Å². The average Bonchev–Trinajstić information content (AvgIpc) is 3.00.